The minimum absolute atomic E-state index is 0.0355. The van der Waals surface area contributed by atoms with Crippen LogP contribution in [0.25, 0.3) is 0 Å². The van der Waals surface area contributed by atoms with Crippen LogP contribution in [0, 0.1) is 3.57 Å². The normalized spacial score (nSPS) is 10.2. The lowest BCUT2D eigenvalue weighted by Crippen LogP contribution is -2.23. The van der Waals surface area contributed by atoms with E-state index in [2.05, 4.69) is 32.8 Å². The topological polar surface area (TPSA) is 32.3 Å². The van der Waals surface area contributed by atoms with E-state index in [1.54, 1.807) is 0 Å². The molecule has 0 aromatic heterocycles. The number of halogens is 1. The molecule has 2 rings (SSSR count). The monoisotopic (exact) mass is 380 g/mol. The van der Waals surface area contributed by atoms with Gasteiger partial charge >= 0.3 is 0 Å². The first kappa shape index (κ1) is 14.8. The Morgan fingerprint density at radius 2 is 1.75 bits per heavy atom. The third-order valence-electron chi connectivity index (χ3n) is 3.02. The lowest BCUT2D eigenvalue weighted by atomic mass is 10.2. The molecule has 0 aliphatic heterocycles. The van der Waals surface area contributed by atoms with Crippen LogP contribution >= 0.6 is 22.6 Å². The van der Waals surface area contributed by atoms with Gasteiger partial charge in [0.25, 0.3) is 5.91 Å². The number of benzene rings is 2. The van der Waals surface area contributed by atoms with Crippen molar-refractivity contribution < 1.29 is 4.79 Å². The number of amides is 1. The van der Waals surface area contributed by atoms with E-state index < -0.39 is 0 Å². The van der Waals surface area contributed by atoms with Gasteiger partial charge in [-0.05, 0) is 52.4 Å². The molecule has 0 atom stereocenters. The van der Waals surface area contributed by atoms with Crippen LogP contribution in [0.2, 0.25) is 0 Å². The highest BCUT2D eigenvalue weighted by Crippen LogP contribution is 2.13. The molecule has 0 aliphatic carbocycles. The van der Waals surface area contributed by atoms with E-state index in [9.17, 15) is 4.79 Å². The summed E-state index contributed by atoms with van der Waals surface area (Å²) in [6.45, 7) is 0.539. The van der Waals surface area contributed by atoms with Gasteiger partial charge in [0.2, 0.25) is 0 Å². The number of rotatable bonds is 4. The fourth-order valence-electron chi connectivity index (χ4n) is 1.83. The first-order chi connectivity index (χ1) is 9.58. The van der Waals surface area contributed by atoms with Crippen LogP contribution in [-0.4, -0.2) is 20.0 Å². The molecular weight excluding hydrogens is 363 g/mol. The fourth-order valence-corrected chi connectivity index (χ4v) is 2.47. The summed E-state index contributed by atoms with van der Waals surface area (Å²) in [6.07, 6.45) is 0. The summed E-state index contributed by atoms with van der Waals surface area (Å²) in [7, 11) is 4.02. The van der Waals surface area contributed by atoms with E-state index in [0.29, 0.717) is 6.54 Å². The second-order valence-corrected chi connectivity index (χ2v) is 5.89. The first-order valence-electron chi connectivity index (χ1n) is 6.37. The lowest BCUT2D eigenvalue weighted by molar-refractivity contribution is 0.0950. The molecule has 0 radical (unpaired) electrons. The van der Waals surface area contributed by atoms with E-state index in [1.807, 2.05) is 62.6 Å². The van der Waals surface area contributed by atoms with Crippen LogP contribution in [0.3, 0.4) is 0 Å². The summed E-state index contributed by atoms with van der Waals surface area (Å²) in [5.74, 6) is -0.0355. The third-order valence-corrected chi connectivity index (χ3v) is 3.96. The van der Waals surface area contributed by atoms with Gasteiger partial charge in [-0.3, -0.25) is 4.79 Å². The highest BCUT2D eigenvalue weighted by Gasteiger charge is 2.08. The summed E-state index contributed by atoms with van der Waals surface area (Å²) >= 11 is 2.18. The van der Waals surface area contributed by atoms with Gasteiger partial charge in [0.15, 0.2) is 0 Å². The van der Waals surface area contributed by atoms with Crippen LogP contribution < -0.4 is 10.2 Å². The number of carbonyl (C=O) groups is 1. The Bertz CT molecular complexity index is 594. The van der Waals surface area contributed by atoms with E-state index >= 15 is 0 Å². The summed E-state index contributed by atoms with van der Waals surface area (Å²) in [4.78, 5) is 14.1. The molecule has 0 fully saturated rings. The van der Waals surface area contributed by atoms with Crippen molar-refractivity contribution in [1.29, 1.82) is 0 Å². The maximum absolute atomic E-state index is 12.1. The van der Waals surface area contributed by atoms with Gasteiger partial charge in [-0.1, -0.05) is 24.3 Å². The van der Waals surface area contributed by atoms with Crippen LogP contribution in [0.4, 0.5) is 5.69 Å². The zero-order chi connectivity index (χ0) is 14.5. The zero-order valence-corrected chi connectivity index (χ0v) is 13.7. The van der Waals surface area contributed by atoms with Gasteiger partial charge in [-0.25, -0.2) is 0 Å². The fraction of sp³-hybridized carbons (Fsp3) is 0.188. The number of hydrogen-bond acceptors (Lipinski definition) is 2. The largest absolute Gasteiger partial charge is 0.378 e. The molecule has 0 bridgehead atoms. The third kappa shape index (κ3) is 3.72. The van der Waals surface area contributed by atoms with Gasteiger partial charge in [-0.15, -0.1) is 0 Å². The van der Waals surface area contributed by atoms with Gasteiger partial charge in [-0.2, -0.15) is 0 Å². The molecule has 3 nitrogen and oxygen atoms in total. The molecule has 0 aliphatic rings. The van der Waals surface area contributed by atoms with Crippen molar-refractivity contribution in [2.24, 2.45) is 0 Å². The molecule has 0 heterocycles. The average molecular weight is 380 g/mol. The Morgan fingerprint density at radius 3 is 2.35 bits per heavy atom. The van der Waals surface area contributed by atoms with Crippen molar-refractivity contribution in [2.75, 3.05) is 19.0 Å². The maximum atomic E-state index is 12.1. The van der Waals surface area contributed by atoms with Crippen LogP contribution in [0.15, 0.2) is 48.5 Å². The van der Waals surface area contributed by atoms with E-state index in [1.165, 1.54) is 0 Å². The lowest BCUT2D eigenvalue weighted by Gasteiger charge is -2.13. The van der Waals surface area contributed by atoms with E-state index in [-0.39, 0.29) is 5.91 Å². The number of anilines is 1. The van der Waals surface area contributed by atoms with Crippen molar-refractivity contribution in [2.45, 2.75) is 6.54 Å². The smallest absolute Gasteiger partial charge is 0.252 e. The molecule has 2 aromatic carbocycles. The molecule has 0 spiro atoms. The highest BCUT2D eigenvalue weighted by molar-refractivity contribution is 14.1. The summed E-state index contributed by atoms with van der Waals surface area (Å²) < 4.78 is 0.963. The number of nitrogens with zero attached hydrogens (tertiary/aromatic N) is 1. The SMILES string of the molecule is CN(C)c1ccc(CNC(=O)c2ccccc2I)cc1. The van der Waals surface area contributed by atoms with Crippen molar-refractivity contribution in [1.82, 2.24) is 5.32 Å². The standard InChI is InChI=1S/C16H17IN2O/c1-19(2)13-9-7-12(8-10-13)11-18-16(20)14-5-3-4-6-15(14)17/h3-10H,11H2,1-2H3,(H,18,20). The number of nitrogens with one attached hydrogen (secondary N) is 1. The Hall–Kier alpha value is -1.56. The Kier molecular flexibility index (Phi) is 5.00. The van der Waals surface area contributed by atoms with Gasteiger partial charge < -0.3 is 10.2 Å². The predicted octanol–water partition coefficient (Wildman–Crippen LogP) is 3.29. The van der Waals surface area contributed by atoms with Crippen molar-refractivity contribution in [3.8, 4) is 0 Å². The molecule has 0 saturated heterocycles. The minimum atomic E-state index is -0.0355. The zero-order valence-electron chi connectivity index (χ0n) is 11.6. The minimum Gasteiger partial charge on any atom is -0.378 e. The molecule has 0 saturated carbocycles. The molecular formula is C16H17IN2O. The Balaban J connectivity index is 1.98. The predicted molar refractivity (Wildman–Crippen MR) is 91.1 cm³/mol. The second kappa shape index (κ2) is 6.74. The Labute approximate surface area is 133 Å². The first-order valence-corrected chi connectivity index (χ1v) is 7.45. The van der Waals surface area contributed by atoms with Gasteiger partial charge in [0, 0.05) is 29.9 Å². The van der Waals surface area contributed by atoms with E-state index in [4.69, 9.17) is 0 Å². The second-order valence-electron chi connectivity index (χ2n) is 4.72. The Morgan fingerprint density at radius 1 is 1.10 bits per heavy atom. The summed E-state index contributed by atoms with van der Waals surface area (Å²) in [5, 5.41) is 2.95. The number of carbonyl (C=O) groups excluding carboxylic acids is 1. The highest BCUT2D eigenvalue weighted by atomic mass is 127. The van der Waals surface area contributed by atoms with Crippen LogP contribution in [-0.2, 0) is 6.54 Å². The van der Waals surface area contributed by atoms with E-state index in [0.717, 1.165) is 20.4 Å². The van der Waals surface area contributed by atoms with Crippen molar-refractivity contribution >= 4 is 34.2 Å². The molecule has 1 amide bonds. The molecule has 4 heteroatoms. The molecule has 1 N–H and O–H groups in total. The van der Waals surface area contributed by atoms with Crippen molar-refractivity contribution in [3.63, 3.8) is 0 Å². The molecule has 2 aromatic rings. The number of hydrogen-bond donors (Lipinski definition) is 1. The molecule has 104 valence electrons. The van der Waals surface area contributed by atoms with Crippen LogP contribution in [0.1, 0.15) is 15.9 Å². The maximum Gasteiger partial charge on any atom is 0.252 e. The average Bonchev–Trinajstić information content (AvgIpc) is 2.45. The molecule has 20 heavy (non-hydrogen) atoms. The van der Waals surface area contributed by atoms with Gasteiger partial charge in [0.1, 0.15) is 0 Å². The quantitative estimate of drug-likeness (QED) is 0.826. The van der Waals surface area contributed by atoms with Crippen LogP contribution in [0.5, 0.6) is 0 Å². The summed E-state index contributed by atoms with van der Waals surface area (Å²) in [6, 6.07) is 15.7. The summed E-state index contributed by atoms with van der Waals surface area (Å²) in [5.41, 5.74) is 2.96. The van der Waals surface area contributed by atoms with Crippen molar-refractivity contribution in [3.05, 3.63) is 63.2 Å². The van der Waals surface area contributed by atoms with Gasteiger partial charge in [0.05, 0.1) is 5.56 Å². The molecule has 0 unspecified atom stereocenters.